The van der Waals surface area contributed by atoms with E-state index >= 15 is 0 Å². The summed E-state index contributed by atoms with van der Waals surface area (Å²) in [6, 6.07) is 12.4. The highest BCUT2D eigenvalue weighted by Gasteiger charge is 2.46. The van der Waals surface area contributed by atoms with Gasteiger partial charge in [-0.05, 0) is 43.5 Å². The molecule has 2 fully saturated rings. The van der Waals surface area contributed by atoms with Crippen LogP contribution < -0.4 is 0 Å². The molecule has 3 atom stereocenters. The Balaban J connectivity index is 1.56. The van der Waals surface area contributed by atoms with Gasteiger partial charge in [-0.2, -0.15) is 0 Å². The van der Waals surface area contributed by atoms with Gasteiger partial charge in [0, 0.05) is 35.9 Å². The average Bonchev–Trinajstić information content (AvgIpc) is 3.44. The molecule has 5 heteroatoms. The summed E-state index contributed by atoms with van der Waals surface area (Å²) in [5, 5.41) is 1.22. The lowest BCUT2D eigenvalue weighted by Crippen LogP contribution is -2.36. The number of aromatic nitrogens is 2. The average molecular weight is 381 g/mol. The zero-order valence-electron chi connectivity index (χ0n) is 16.0. The molecule has 3 unspecified atom stereocenters. The quantitative estimate of drug-likeness (QED) is 0.715. The molecule has 27 heavy (non-hydrogen) atoms. The molecule has 1 aliphatic carbocycles. The second-order valence-electron chi connectivity index (χ2n) is 7.97. The van der Waals surface area contributed by atoms with Crippen LogP contribution in [-0.4, -0.2) is 31.4 Å². The summed E-state index contributed by atoms with van der Waals surface area (Å²) in [5.74, 6) is 1.16. The summed E-state index contributed by atoms with van der Waals surface area (Å²) in [6.07, 6.45) is 12.1. The first-order valence-corrected chi connectivity index (χ1v) is 11.4. The molecule has 0 N–H and O–H groups in total. The molecule has 3 aliphatic rings. The molecule has 0 spiro atoms. The van der Waals surface area contributed by atoms with Crippen LogP contribution in [0.2, 0.25) is 0 Å². The van der Waals surface area contributed by atoms with Crippen molar-refractivity contribution in [2.75, 3.05) is 5.75 Å². The molecule has 5 rings (SSSR count). The maximum atomic E-state index is 5.17. The van der Waals surface area contributed by atoms with Gasteiger partial charge in [-0.25, -0.2) is 0 Å². The number of hydrogen-bond acceptors (Lipinski definition) is 4. The van der Waals surface area contributed by atoms with Gasteiger partial charge in [-0.3, -0.25) is 9.98 Å². The molecular formula is C22H28N4S. The van der Waals surface area contributed by atoms with E-state index in [0.29, 0.717) is 12.1 Å². The Kier molecular flexibility index (Phi) is 4.72. The van der Waals surface area contributed by atoms with Crippen LogP contribution in [0.5, 0.6) is 0 Å². The van der Waals surface area contributed by atoms with E-state index in [2.05, 4.69) is 51.8 Å². The lowest BCUT2D eigenvalue weighted by molar-refractivity contribution is 0.235. The number of nitrogens with zero attached hydrogens (tertiary/aromatic N) is 4. The lowest BCUT2D eigenvalue weighted by atomic mass is 9.94. The number of amidine groups is 1. The highest BCUT2D eigenvalue weighted by atomic mass is 32.2. The Bertz CT molecular complexity index is 809. The van der Waals surface area contributed by atoms with Gasteiger partial charge in [0.15, 0.2) is 5.17 Å². The largest absolute Gasteiger partial charge is 0.346 e. The molecule has 0 aromatic carbocycles. The molecule has 4 heterocycles. The van der Waals surface area contributed by atoms with E-state index in [1.807, 2.05) is 24.0 Å². The molecular weight excluding hydrogens is 352 g/mol. The van der Waals surface area contributed by atoms with Crippen molar-refractivity contribution in [2.24, 2.45) is 4.99 Å². The van der Waals surface area contributed by atoms with Crippen LogP contribution in [-0.2, 0) is 0 Å². The Labute approximate surface area is 166 Å². The van der Waals surface area contributed by atoms with Gasteiger partial charge in [0.25, 0.3) is 0 Å². The molecule has 1 saturated heterocycles. The summed E-state index contributed by atoms with van der Waals surface area (Å²) in [4.78, 5) is 12.5. The number of pyridine rings is 1. The topological polar surface area (TPSA) is 33.4 Å². The van der Waals surface area contributed by atoms with E-state index in [1.165, 1.54) is 49.4 Å². The van der Waals surface area contributed by atoms with Crippen molar-refractivity contribution in [3.05, 3.63) is 54.1 Å². The van der Waals surface area contributed by atoms with Gasteiger partial charge in [0.2, 0.25) is 0 Å². The molecule has 0 bridgehead atoms. The van der Waals surface area contributed by atoms with Crippen LogP contribution in [0.15, 0.2) is 47.7 Å². The third kappa shape index (κ3) is 3.00. The molecule has 4 nitrogen and oxygen atoms in total. The van der Waals surface area contributed by atoms with Crippen LogP contribution in [0, 0.1) is 0 Å². The van der Waals surface area contributed by atoms with E-state index in [4.69, 9.17) is 4.99 Å². The number of fused-ring (bicyclic) bond motifs is 1. The molecule has 2 aromatic heterocycles. The van der Waals surface area contributed by atoms with Gasteiger partial charge >= 0.3 is 0 Å². The van der Waals surface area contributed by atoms with Crippen LogP contribution in [0.4, 0.5) is 0 Å². The Hall–Kier alpha value is -1.75. The normalized spacial score (nSPS) is 28.4. The standard InChI is InChI=1S/C22H28N4S/c1-2-16-15-27-22-24-20(18-11-6-7-13-23-18)21(26(16)22)19-12-8-14-25(19)17-9-4-3-5-10-17/h6-8,11-14,16-17,20-21H,2-5,9-10,15H2,1H3. The fraction of sp³-hybridized carbons (Fsp3) is 0.545. The Morgan fingerprint density at radius 2 is 2.00 bits per heavy atom. The first-order valence-electron chi connectivity index (χ1n) is 10.4. The summed E-state index contributed by atoms with van der Waals surface area (Å²) in [6.45, 7) is 2.31. The maximum Gasteiger partial charge on any atom is 0.160 e. The number of aliphatic imine (C=N–C) groups is 1. The first-order chi connectivity index (χ1) is 13.4. The van der Waals surface area contributed by atoms with Crippen LogP contribution in [0.1, 0.15) is 75.0 Å². The van der Waals surface area contributed by atoms with E-state index in [0.717, 1.165) is 11.4 Å². The maximum absolute atomic E-state index is 5.17. The third-order valence-electron chi connectivity index (χ3n) is 6.41. The smallest absolute Gasteiger partial charge is 0.160 e. The monoisotopic (exact) mass is 380 g/mol. The minimum absolute atomic E-state index is 0.0975. The minimum Gasteiger partial charge on any atom is -0.346 e. The fourth-order valence-corrected chi connectivity index (χ4v) is 6.36. The second-order valence-corrected chi connectivity index (χ2v) is 8.96. The fourth-order valence-electron chi connectivity index (χ4n) is 5.02. The van der Waals surface area contributed by atoms with E-state index in [-0.39, 0.29) is 12.1 Å². The first kappa shape index (κ1) is 17.4. The molecule has 2 aliphatic heterocycles. The van der Waals surface area contributed by atoms with Crippen molar-refractivity contribution in [3.8, 4) is 0 Å². The lowest BCUT2D eigenvalue weighted by Gasteiger charge is -2.34. The minimum atomic E-state index is 0.0975. The molecule has 0 amide bonds. The molecule has 142 valence electrons. The van der Waals surface area contributed by atoms with Gasteiger partial charge in [-0.15, -0.1) is 0 Å². The van der Waals surface area contributed by atoms with Crippen molar-refractivity contribution in [1.29, 1.82) is 0 Å². The van der Waals surface area contributed by atoms with Crippen molar-refractivity contribution in [2.45, 2.75) is 69.6 Å². The summed E-state index contributed by atoms with van der Waals surface area (Å²) >= 11 is 1.93. The van der Waals surface area contributed by atoms with Crippen molar-refractivity contribution in [1.82, 2.24) is 14.5 Å². The predicted molar refractivity (Wildman–Crippen MR) is 112 cm³/mol. The third-order valence-corrected chi connectivity index (χ3v) is 7.54. The highest BCUT2D eigenvalue weighted by molar-refractivity contribution is 8.14. The zero-order valence-corrected chi connectivity index (χ0v) is 16.8. The Morgan fingerprint density at radius 3 is 2.78 bits per heavy atom. The van der Waals surface area contributed by atoms with E-state index in [9.17, 15) is 0 Å². The summed E-state index contributed by atoms with van der Waals surface area (Å²) in [5.41, 5.74) is 2.52. The number of rotatable bonds is 4. The summed E-state index contributed by atoms with van der Waals surface area (Å²) < 4.78 is 2.58. The summed E-state index contributed by atoms with van der Waals surface area (Å²) in [7, 11) is 0. The highest BCUT2D eigenvalue weighted by Crippen LogP contribution is 2.49. The molecule has 0 radical (unpaired) electrons. The van der Waals surface area contributed by atoms with Crippen molar-refractivity contribution >= 4 is 16.9 Å². The zero-order chi connectivity index (χ0) is 18.2. The van der Waals surface area contributed by atoms with Crippen molar-refractivity contribution in [3.63, 3.8) is 0 Å². The van der Waals surface area contributed by atoms with Crippen molar-refractivity contribution < 1.29 is 0 Å². The number of thioether (sulfide) groups is 1. The predicted octanol–water partition coefficient (Wildman–Crippen LogP) is 5.37. The van der Waals surface area contributed by atoms with Crippen LogP contribution >= 0.6 is 11.8 Å². The number of hydrogen-bond donors (Lipinski definition) is 0. The van der Waals surface area contributed by atoms with Gasteiger partial charge in [0.1, 0.15) is 6.04 Å². The van der Waals surface area contributed by atoms with Crippen LogP contribution in [0.25, 0.3) is 0 Å². The SMILES string of the molecule is CCC1CSC2=NC(c3ccccn3)C(c3cccn3C3CCCCC3)N21. The molecule has 1 saturated carbocycles. The molecule has 2 aromatic rings. The van der Waals surface area contributed by atoms with Crippen LogP contribution in [0.3, 0.4) is 0 Å². The van der Waals surface area contributed by atoms with E-state index < -0.39 is 0 Å². The van der Waals surface area contributed by atoms with Gasteiger partial charge in [0.05, 0.1) is 11.7 Å². The van der Waals surface area contributed by atoms with E-state index in [1.54, 1.807) is 0 Å². The Morgan fingerprint density at radius 1 is 1.11 bits per heavy atom. The van der Waals surface area contributed by atoms with Gasteiger partial charge in [-0.1, -0.05) is 44.0 Å². The second kappa shape index (κ2) is 7.34. The van der Waals surface area contributed by atoms with Gasteiger partial charge < -0.3 is 9.47 Å².